The summed E-state index contributed by atoms with van der Waals surface area (Å²) in [6.45, 7) is 3.50. The monoisotopic (exact) mass is 378 g/mol. The molecule has 0 atom stereocenters. The number of amides is 1. The van der Waals surface area contributed by atoms with Crippen LogP contribution in [0.1, 0.15) is 11.1 Å². The Morgan fingerprint density at radius 1 is 1.22 bits per heavy atom. The molecule has 23 heavy (non-hydrogen) atoms. The molecule has 2 aromatic rings. The third kappa shape index (κ3) is 4.53. The molecule has 0 bridgehead atoms. The van der Waals surface area contributed by atoms with E-state index in [2.05, 4.69) is 21.2 Å². The fourth-order valence-corrected chi connectivity index (χ4v) is 2.15. The maximum atomic E-state index is 12.0. The van der Waals surface area contributed by atoms with Crippen molar-refractivity contribution in [2.24, 2.45) is 0 Å². The predicted octanol–water partition coefficient (Wildman–Crippen LogP) is 3.99. The van der Waals surface area contributed by atoms with Gasteiger partial charge in [0.2, 0.25) is 0 Å². The lowest BCUT2D eigenvalue weighted by Gasteiger charge is -2.10. The smallest absolute Gasteiger partial charge is 0.271 e. The average molecular weight is 379 g/mol. The molecule has 2 aromatic carbocycles. The molecule has 2 rings (SSSR count). The number of nitro groups is 1. The van der Waals surface area contributed by atoms with Crippen molar-refractivity contribution in [1.29, 1.82) is 0 Å². The molecule has 0 heterocycles. The van der Waals surface area contributed by atoms with Crippen molar-refractivity contribution in [3.05, 3.63) is 62.1 Å². The summed E-state index contributed by atoms with van der Waals surface area (Å²) in [5.74, 6) is 0.200. The maximum absolute atomic E-state index is 12.0. The second-order valence-electron chi connectivity index (χ2n) is 5.00. The SMILES string of the molecule is Cc1cc(OCC(=O)Nc2cc([N+](=O)[O-])ccc2C)ccc1Br. The van der Waals surface area contributed by atoms with Crippen LogP contribution in [0.3, 0.4) is 0 Å². The first-order valence-corrected chi connectivity index (χ1v) is 7.60. The van der Waals surface area contributed by atoms with Crippen LogP contribution in [0.5, 0.6) is 5.75 Å². The van der Waals surface area contributed by atoms with Gasteiger partial charge in [-0.1, -0.05) is 22.0 Å². The van der Waals surface area contributed by atoms with Gasteiger partial charge in [0.05, 0.1) is 10.6 Å². The van der Waals surface area contributed by atoms with E-state index in [0.29, 0.717) is 11.4 Å². The number of hydrogen-bond donors (Lipinski definition) is 1. The molecule has 6 nitrogen and oxygen atoms in total. The molecule has 0 aliphatic rings. The van der Waals surface area contributed by atoms with Gasteiger partial charge in [0.25, 0.3) is 11.6 Å². The van der Waals surface area contributed by atoms with Crippen molar-refractivity contribution < 1.29 is 14.5 Å². The van der Waals surface area contributed by atoms with Gasteiger partial charge in [0, 0.05) is 16.6 Å². The number of nitrogens with zero attached hydrogens (tertiary/aromatic N) is 1. The van der Waals surface area contributed by atoms with E-state index in [9.17, 15) is 14.9 Å². The largest absolute Gasteiger partial charge is 0.484 e. The Morgan fingerprint density at radius 3 is 2.61 bits per heavy atom. The Morgan fingerprint density at radius 2 is 1.96 bits per heavy atom. The summed E-state index contributed by atoms with van der Waals surface area (Å²) >= 11 is 3.39. The average Bonchev–Trinajstić information content (AvgIpc) is 2.50. The van der Waals surface area contributed by atoms with Crippen LogP contribution in [0.2, 0.25) is 0 Å². The highest BCUT2D eigenvalue weighted by atomic mass is 79.9. The molecule has 0 aliphatic heterocycles. The number of rotatable bonds is 5. The third-order valence-corrected chi connectivity index (χ3v) is 4.10. The lowest BCUT2D eigenvalue weighted by atomic mass is 10.2. The highest BCUT2D eigenvalue weighted by molar-refractivity contribution is 9.10. The molecule has 1 N–H and O–H groups in total. The maximum Gasteiger partial charge on any atom is 0.271 e. The van der Waals surface area contributed by atoms with Crippen molar-refractivity contribution in [3.63, 3.8) is 0 Å². The number of non-ortho nitro benzene ring substituents is 1. The van der Waals surface area contributed by atoms with Crippen LogP contribution >= 0.6 is 15.9 Å². The molecule has 0 radical (unpaired) electrons. The molecule has 7 heteroatoms. The molecular formula is C16H15BrN2O4. The quantitative estimate of drug-likeness (QED) is 0.629. The van der Waals surface area contributed by atoms with Crippen LogP contribution < -0.4 is 10.1 Å². The Labute approximate surface area is 141 Å². The second-order valence-corrected chi connectivity index (χ2v) is 5.86. The van der Waals surface area contributed by atoms with Gasteiger partial charge in [-0.3, -0.25) is 14.9 Å². The van der Waals surface area contributed by atoms with E-state index < -0.39 is 4.92 Å². The number of halogens is 1. The molecule has 0 fully saturated rings. The molecule has 0 aliphatic carbocycles. The predicted molar refractivity (Wildman–Crippen MR) is 90.8 cm³/mol. The summed E-state index contributed by atoms with van der Waals surface area (Å²) in [6, 6.07) is 9.72. The zero-order valence-corrected chi connectivity index (χ0v) is 14.2. The van der Waals surface area contributed by atoms with Gasteiger partial charge in [-0.15, -0.1) is 0 Å². The van der Waals surface area contributed by atoms with Gasteiger partial charge in [-0.25, -0.2) is 0 Å². The lowest BCUT2D eigenvalue weighted by molar-refractivity contribution is -0.384. The van der Waals surface area contributed by atoms with Gasteiger partial charge in [-0.2, -0.15) is 0 Å². The van der Waals surface area contributed by atoms with Crippen LogP contribution in [0.25, 0.3) is 0 Å². The fourth-order valence-electron chi connectivity index (χ4n) is 1.90. The minimum atomic E-state index is -0.504. The van der Waals surface area contributed by atoms with Crippen molar-refractivity contribution in [1.82, 2.24) is 0 Å². The van der Waals surface area contributed by atoms with E-state index in [1.54, 1.807) is 19.1 Å². The van der Waals surface area contributed by atoms with E-state index in [1.165, 1.54) is 12.1 Å². The van der Waals surface area contributed by atoms with E-state index in [0.717, 1.165) is 15.6 Å². The van der Waals surface area contributed by atoms with Crippen LogP contribution in [-0.4, -0.2) is 17.4 Å². The lowest BCUT2D eigenvalue weighted by Crippen LogP contribution is -2.20. The summed E-state index contributed by atoms with van der Waals surface area (Å²) < 4.78 is 6.39. The normalized spacial score (nSPS) is 10.2. The van der Waals surface area contributed by atoms with E-state index in [-0.39, 0.29) is 18.2 Å². The van der Waals surface area contributed by atoms with Crippen LogP contribution in [0.15, 0.2) is 40.9 Å². The molecule has 0 aromatic heterocycles. The van der Waals surface area contributed by atoms with Crippen molar-refractivity contribution in [2.75, 3.05) is 11.9 Å². The topological polar surface area (TPSA) is 81.5 Å². The summed E-state index contributed by atoms with van der Waals surface area (Å²) in [6.07, 6.45) is 0. The van der Waals surface area contributed by atoms with Crippen LogP contribution in [-0.2, 0) is 4.79 Å². The summed E-state index contributed by atoms with van der Waals surface area (Å²) in [5.41, 5.74) is 2.07. The van der Waals surface area contributed by atoms with E-state index >= 15 is 0 Å². The third-order valence-electron chi connectivity index (χ3n) is 3.21. The molecular weight excluding hydrogens is 364 g/mol. The van der Waals surface area contributed by atoms with Gasteiger partial charge in [-0.05, 0) is 43.2 Å². The molecule has 120 valence electrons. The van der Waals surface area contributed by atoms with Gasteiger partial charge in [0.1, 0.15) is 5.75 Å². The Hall–Kier alpha value is -2.41. The zero-order chi connectivity index (χ0) is 17.0. The summed E-state index contributed by atoms with van der Waals surface area (Å²) in [4.78, 5) is 22.2. The standard InChI is InChI=1S/C16H15BrN2O4/c1-10-3-4-12(19(21)22)8-15(10)18-16(20)9-23-13-5-6-14(17)11(2)7-13/h3-8H,9H2,1-2H3,(H,18,20). The number of anilines is 1. The van der Waals surface area contributed by atoms with Gasteiger partial charge < -0.3 is 10.1 Å². The number of benzene rings is 2. The highest BCUT2D eigenvalue weighted by Gasteiger charge is 2.11. The zero-order valence-electron chi connectivity index (χ0n) is 12.6. The first-order chi connectivity index (χ1) is 10.9. The summed E-state index contributed by atoms with van der Waals surface area (Å²) in [5, 5.41) is 13.4. The Kier molecular flexibility index (Phi) is 5.33. The number of nitro benzene ring substituents is 1. The molecule has 0 saturated carbocycles. The number of nitrogens with one attached hydrogen (secondary N) is 1. The number of carbonyl (C=O) groups excluding carboxylic acids is 1. The van der Waals surface area contributed by atoms with Gasteiger partial charge >= 0.3 is 0 Å². The summed E-state index contributed by atoms with van der Waals surface area (Å²) in [7, 11) is 0. The second kappa shape index (κ2) is 7.23. The molecule has 1 amide bonds. The molecule has 0 unspecified atom stereocenters. The van der Waals surface area contributed by atoms with Crippen molar-refractivity contribution >= 4 is 33.2 Å². The van der Waals surface area contributed by atoms with E-state index in [1.807, 2.05) is 19.1 Å². The number of aryl methyl sites for hydroxylation is 2. The number of carbonyl (C=O) groups is 1. The highest BCUT2D eigenvalue weighted by Crippen LogP contribution is 2.23. The number of hydrogen-bond acceptors (Lipinski definition) is 4. The minimum absolute atomic E-state index is 0.0737. The molecule has 0 saturated heterocycles. The Bertz CT molecular complexity index is 762. The minimum Gasteiger partial charge on any atom is -0.484 e. The fraction of sp³-hybridized carbons (Fsp3) is 0.188. The number of ether oxygens (including phenoxy) is 1. The first kappa shape index (κ1) is 17.0. The van der Waals surface area contributed by atoms with E-state index in [4.69, 9.17) is 4.74 Å². The first-order valence-electron chi connectivity index (χ1n) is 6.80. The Balaban J connectivity index is 2.00. The van der Waals surface area contributed by atoms with Crippen LogP contribution in [0, 0.1) is 24.0 Å². The molecule has 0 spiro atoms. The van der Waals surface area contributed by atoms with Gasteiger partial charge in [0.15, 0.2) is 6.61 Å². The van der Waals surface area contributed by atoms with Crippen molar-refractivity contribution in [3.8, 4) is 5.75 Å². The van der Waals surface area contributed by atoms with Crippen molar-refractivity contribution in [2.45, 2.75) is 13.8 Å². The van der Waals surface area contributed by atoms with Crippen LogP contribution in [0.4, 0.5) is 11.4 Å².